The number of nitrogens with one attached hydrogen (secondary N) is 4. The van der Waals surface area contributed by atoms with E-state index in [1.165, 1.54) is 0 Å². The van der Waals surface area contributed by atoms with Crippen molar-refractivity contribution in [1.29, 1.82) is 0 Å². The van der Waals surface area contributed by atoms with Crippen molar-refractivity contribution in [2.45, 2.75) is 12.8 Å². The Morgan fingerprint density at radius 1 is 0.885 bits per heavy atom. The molecule has 0 aliphatic carbocycles. The quantitative estimate of drug-likeness (QED) is 0.135. The summed E-state index contributed by atoms with van der Waals surface area (Å²) in [5.41, 5.74) is 10.8. The maximum absolute atomic E-state index is 11.8. The minimum atomic E-state index is -0.233. The van der Waals surface area contributed by atoms with Crippen LogP contribution in [0.15, 0.2) is 24.3 Å². The number of carbonyl (C=O) groups is 2. The molecule has 1 aromatic carbocycles. The van der Waals surface area contributed by atoms with Crippen LogP contribution in [0.2, 0.25) is 0 Å². The van der Waals surface area contributed by atoms with Crippen molar-refractivity contribution in [2.24, 2.45) is 0 Å². The summed E-state index contributed by atoms with van der Waals surface area (Å²) in [5, 5.41) is 0. The zero-order valence-corrected chi connectivity index (χ0v) is 19.1. The third kappa shape index (κ3) is 10.4. The van der Waals surface area contributed by atoms with E-state index in [2.05, 4.69) is 69.6 Å². The van der Waals surface area contributed by atoms with Crippen molar-refractivity contribution in [3.8, 4) is 0 Å². The van der Waals surface area contributed by atoms with Gasteiger partial charge in [-0.1, -0.05) is 24.4 Å². The van der Waals surface area contributed by atoms with E-state index in [0.717, 1.165) is 9.26 Å². The second kappa shape index (κ2) is 12.5. The van der Waals surface area contributed by atoms with E-state index in [9.17, 15) is 9.59 Å². The summed E-state index contributed by atoms with van der Waals surface area (Å²) in [6, 6.07) is 7.81. The molecule has 0 heterocycles. The molecule has 142 valence electrons. The van der Waals surface area contributed by atoms with Crippen LogP contribution in [0.3, 0.4) is 0 Å². The third-order valence-corrected chi connectivity index (χ3v) is 4.17. The molecule has 0 aliphatic heterocycles. The molecule has 1 aromatic rings. The number of halogens is 1. The van der Waals surface area contributed by atoms with Crippen LogP contribution in [-0.4, -0.2) is 33.5 Å². The number of rotatable bonds is 7. The van der Waals surface area contributed by atoms with Gasteiger partial charge < -0.3 is 4.90 Å². The molecule has 0 unspecified atom stereocenters. The Morgan fingerprint density at radius 3 is 1.69 bits per heavy atom. The van der Waals surface area contributed by atoms with Crippen LogP contribution < -0.4 is 26.6 Å². The van der Waals surface area contributed by atoms with Crippen molar-refractivity contribution < 1.29 is 9.59 Å². The topological polar surface area (TPSA) is 85.5 Å². The molecule has 12 heteroatoms. The Balaban J connectivity index is 2.63. The highest BCUT2D eigenvalue weighted by Gasteiger charge is 2.12. The van der Waals surface area contributed by atoms with Gasteiger partial charge >= 0.3 is 0 Å². The van der Waals surface area contributed by atoms with E-state index in [-0.39, 0.29) is 33.3 Å². The lowest BCUT2D eigenvalue weighted by atomic mass is 10.2. The summed E-state index contributed by atoms with van der Waals surface area (Å²) in [6.45, 7) is 0.859. The first-order chi connectivity index (χ1) is 12.3. The lowest BCUT2D eigenvalue weighted by molar-refractivity contribution is -0.121. The Hall–Kier alpha value is -0.830. The van der Waals surface area contributed by atoms with Crippen LogP contribution in [0.5, 0.6) is 0 Å². The number of benzene rings is 1. The number of thiocarbonyl (C=S) groups is 2. The number of hydrogen-bond acceptors (Lipinski definition) is 5. The first kappa shape index (κ1) is 23.2. The Labute approximate surface area is 187 Å². The zero-order valence-electron chi connectivity index (χ0n) is 13.5. The van der Waals surface area contributed by atoms with Crippen LogP contribution in [0.1, 0.15) is 12.8 Å². The van der Waals surface area contributed by atoms with Crippen LogP contribution in [0, 0.1) is 3.57 Å². The van der Waals surface area contributed by atoms with Crippen LogP contribution >= 0.6 is 72.3 Å². The summed E-state index contributed by atoms with van der Waals surface area (Å²) in [7, 11) is 0. The van der Waals surface area contributed by atoms with E-state index >= 15 is 0 Å². The van der Waals surface area contributed by atoms with Crippen molar-refractivity contribution in [1.82, 2.24) is 21.7 Å². The van der Waals surface area contributed by atoms with Crippen LogP contribution in [-0.2, 0) is 9.59 Å². The molecule has 0 aliphatic rings. The van der Waals surface area contributed by atoms with Crippen molar-refractivity contribution in [3.63, 3.8) is 0 Å². The van der Waals surface area contributed by atoms with Crippen LogP contribution in [0.25, 0.3) is 0 Å². The molecule has 0 spiro atoms. The smallest absolute Gasteiger partial charge is 0.240 e. The number of anilines is 1. The number of hydrazine groups is 2. The van der Waals surface area contributed by atoms with Gasteiger partial charge in [-0.05, 0) is 46.9 Å². The summed E-state index contributed by atoms with van der Waals surface area (Å²) in [5.74, 6) is -0.466. The van der Waals surface area contributed by atoms with Gasteiger partial charge in [-0.2, -0.15) is 0 Å². The van der Waals surface area contributed by atoms with E-state index in [0.29, 0.717) is 13.1 Å². The normalized spacial score (nSPS) is 9.81. The third-order valence-electron chi connectivity index (χ3n) is 3.03. The van der Waals surface area contributed by atoms with E-state index in [1.807, 2.05) is 29.2 Å². The maximum Gasteiger partial charge on any atom is 0.240 e. The van der Waals surface area contributed by atoms with Crippen molar-refractivity contribution in [2.75, 3.05) is 18.0 Å². The van der Waals surface area contributed by atoms with Crippen molar-refractivity contribution >= 4 is 98.4 Å². The number of nitrogens with zero attached hydrogens (tertiary/aromatic N) is 1. The van der Waals surface area contributed by atoms with Crippen LogP contribution in [0.4, 0.5) is 5.69 Å². The SMILES string of the molecule is O=C(CCN(CCC(=O)NNC(=S)S)c1ccc(I)cc1)NNC(=S)S. The standard InChI is InChI=1S/C14H18IN5O2S4/c15-9-1-3-10(4-2-9)20(7-5-11(21)16-18-13(23)24)8-6-12(22)17-19-14(25)26/h1-4H,5-8H2,(H,16,21)(H,17,22)(H2,18,23,24)(H2,19,25,26). The molecule has 7 nitrogen and oxygen atoms in total. The van der Waals surface area contributed by atoms with E-state index in [1.54, 1.807) is 0 Å². The fourth-order valence-electron chi connectivity index (χ4n) is 1.87. The second-order valence-electron chi connectivity index (χ2n) is 4.92. The predicted molar refractivity (Wildman–Crippen MR) is 126 cm³/mol. The molecule has 2 amide bonds. The minimum Gasteiger partial charge on any atom is -0.370 e. The Kier molecular flexibility index (Phi) is 11.2. The van der Waals surface area contributed by atoms with Gasteiger partial charge in [-0.25, -0.2) is 0 Å². The molecular weight excluding hydrogens is 525 g/mol. The van der Waals surface area contributed by atoms with Gasteiger partial charge in [-0.15, -0.1) is 25.3 Å². The molecule has 0 fully saturated rings. The lowest BCUT2D eigenvalue weighted by Gasteiger charge is -2.24. The molecule has 0 radical (unpaired) electrons. The summed E-state index contributed by atoms with van der Waals surface area (Å²) >= 11 is 19.4. The zero-order chi connectivity index (χ0) is 19.5. The monoisotopic (exact) mass is 543 g/mol. The van der Waals surface area contributed by atoms with Gasteiger partial charge in [0.1, 0.15) is 8.64 Å². The highest BCUT2D eigenvalue weighted by atomic mass is 127. The Morgan fingerprint density at radius 2 is 1.31 bits per heavy atom. The molecule has 0 saturated heterocycles. The van der Waals surface area contributed by atoms with Gasteiger partial charge in [0, 0.05) is 35.2 Å². The summed E-state index contributed by atoms with van der Waals surface area (Å²) in [4.78, 5) is 25.6. The lowest BCUT2D eigenvalue weighted by Crippen LogP contribution is -2.42. The highest BCUT2D eigenvalue weighted by Crippen LogP contribution is 2.17. The van der Waals surface area contributed by atoms with Gasteiger partial charge in [0.2, 0.25) is 11.8 Å². The molecule has 0 saturated carbocycles. The highest BCUT2D eigenvalue weighted by molar-refractivity contribution is 14.1. The van der Waals surface area contributed by atoms with Gasteiger partial charge in [0.05, 0.1) is 0 Å². The summed E-state index contributed by atoms with van der Waals surface area (Å²) in [6.07, 6.45) is 0.436. The molecule has 1 rings (SSSR count). The molecular formula is C14H18IN5O2S4. The first-order valence-corrected chi connectivity index (χ1v) is 10.1. The average Bonchev–Trinajstić information content (AvgIpc) is 2.59. The van der Waals surface area contributed by atoms with E-state index < -0.39 is 0 Å². The number of hydrogen-bond donors (Lipinski definition) is 6. The molecule has 26 heavy (non-hydrogen) atoms. The first-order valence-electron chi connectivity index (χ1n) is 7.34. The second-order valence-corrected chi connectivity index (χ2v) is 8.48. The fraction of sp³-hybridized carbons (Fsp3) is 0.286. The predicted octanol–water partition coefficient (Wildman–Crippen LogP) is 1.55. The molecule has 0 atom stereocenters. The van der Waals surface area contributed by atoms with E-state index in [4.69, 9.17) is 24.4 Å². The largest absolute Gasteiger partial charge is 0.370 e. The minimum absolute atomic E-state index is 0.180. The molecule has 4 N–H and O–H groups in total. The summed E-state index contributed by atoms with van der Waals surface area (Å²) < 4.78 is 1.46. The number of amides is 2. The molecule has 0 bridgehead atoms. The van der Waals surface area contributed by atoms with Gasteiger partial charge in [0.25, 0.3) is 0 Å². The Bertz CT molecular complexity index is 625. The molecule has 0 aromatic heterocycles. The number of carbonyl (C=O) groups excluding carboxylic acids is 2. The van der Waals surface area contributed by atoms with Crippen molar-refractivity contribution in [3.05, 3.63) is 27.8 Å². The fourth-order valence-corrected chi connectivity index (χ4v) is 2.44. The number of thiol groups is 2. The van der Waals surface area contributed by atoms with Gasteiger partial charge in [0.15, 0.2) is 0 Å². The average molecular weight is 544 g/mol. The van der Waals surface area contributed by atoms with Gasteiger partial charge in [-0.3, -0.25) is 31.3 Å². The maximum atomic E-state index is 11.8.